The van der Waals surface area contributed by atoms with Gasteiger partial charge < -0.3 is 4.98 Å². The Morgan fingerprint density at radius 3 is 2.43 bits per heavy atom. The van der Waals surface area contributed by atoms with Crippen molar-refractivity contribution in [2.75, 3.05) is 0 Å². The maximum Gasteiger partial charge on any atom is 0.271 e. The molecule has 2 amide bonds. The van der Waals surface area contributed by atoms with Crippen molar-refractivity contribution in [3.63, 3.8) is 0 Å². The number of carbonyl (C=O) groups is 2. The van der Waals surface area contributed by atoms with Crippen LogP contribution >= 0.6 is 0 Å². The summed E-state index contributed by atoms with van der Waals surface area (Å²) in [6.45, 7) is 3.92. The molecule has 116 valence electrons. The van der Waals surface area contributed by atoms with Gasteiger partial charge in [-0.25, -0.2) is 0 Å². The van der Waals surface area contributed by atoms with E-state index in [1.54, 1.807) is 18.3 Å². The molecule has 5 heteroatoms. The molecule has 0 unspecified atom stereocenters. The average molecular weight is 307 g/mol. The summed E-state index contributed by atoms with van der Waals surface area (Å²) in [4.78, 5) is 27.4. The molecule has 0 radical (unpaired) electrons. The number of rotatable bonds is 2. The second kappa shape index (κ2) is 5.96. The molecular weight excluding hydrogens is 290 g/mol. The molecule has 0 saturated carbocycles. The summed E-state index contributed by atoms with van der Waals surface area (Å²) in [7, 11) is 0. The number of benzene rings is 2. The van der Waals surface area contributed by atoms with Crippen LogP contribution in [0.1, 0.15) is 31.8 Å². The monoisotopic (exact) mass is 307 g/mol. The number of fused-ring (bicyclic) bond motifs is 1. The van der Waals surface area contributed by atoms with Crippen LogP contribution in [-0.2, 0) is 0 Å². The van der Waals surface area contributed by atoms with Crippen LogP contribution in [0.5, 0.6) is 0 Å². The molecule has 0 saturated heterocycles. The van der Waals surface area contributed by atoms with Gasteiger partial charge in [-0.15, -0.1) is 0 Å². The predicted molar refractivity (Wildman–Crippen MR) is 89.1 cm³/mol. The topological polar surface area (TPSA) is 74.0 Å². The average Bonchev–Trinajstić information content (AvgIpc) is 2.99. The molecule has 1 heterocycles. The Morgan fingerprint density at radius 2 is 1.65 bits per heavy atom. The van der Waals surface area contributed by atoms with Gasteiger partial charge in [0, 0.05) is 22.7 Å². The molecule has 1 aromatic heterocycles. The van der Waals surface area contributed by atoms with Gasteiger partial charge in [-0.2, -0.15) is 0 Å². The molecule has 5 nitrogen and oxygen atoms in total. The Kier molecular flexibility index (Phi) is 3.85. The van der Waals surface area contributed by atoms with Crippen molar-refractivity contribution in [1.29, 1.82) is 0 Å². The molecule has 0 aliphatic rings. The fourth-order valence-corrected chi connectivity index (χ4v) is 2.40. The van der Waals surface area contributed by atoms with Gasteiger partial charge in [-0.05, 0) is 43.2 Å². The molecule has 3 N–H and O–H groups in total. The van der Waals surface area contributed by atoms with Crippen molar-refractivity contribution in [3.8, 4) is 0 Å². The lowest BCUT2D eigenvalue weighted by molar-refractivity contribution is 0.0847. The largest absolute Gasteiger partial charge is 0.360 e. The van der Waals surface area contributed by atoms with Crippen LogP contribution in [0.2, 0.25) is 0 Å². The number of aromatic nitrogens is 1. The van der Waals surface area contributed by atoms with E-state index in [0.717, 1.165) is 22.0 Å². The van der Waals surface area contributed by atoms with E-state index in [-0.39, 0.29) is 11.8 Å². The zero-order chi connectivity index (χ0) is 16.4. The normalized spacial score (nSPS) is 10.5. The minimum absolute atomic E-state index is 0.346. The molecule has 3 rings (SSSR count). The first-order valence-corrected chi connectivity index (χ1v) is 7.30. The number of H-pyrrole nitrogens is 1. The SMILES string of the molecule is Cc1ccc(C(=O)NNC(=O)c2c[nH]c3ccccc23)cc1C. The van der Waals surface area contributed by atoms with Crippen molar-refractivity contribution < 1.29 is 9.59 Å². The highest BCUT2D eigenvalue weighted by Crippen LogP contribution is 2.17. The molecule has 23 heavy (non-hydrogen) atoms. The summed E-state index contributed by atoms with van der Waals surface area (Å²) >= 11 is 0. The minimum atomic E-state index is -0.361. The van der Waals surface area contributed by atoms with Gasteiger partial charge >= 0.3 is 0 Å². The smallest absolute Gasteiger partial charge is 0.271 e. The van der Waals surface area contributed by atoms with E-state index in [0.29, 0.717) is 11.1 Å². The standard InChI is InChI=1S/C18H17N3O2/c1-11-7-8-13(9-12(11)2)17(22)20-21-18(23)15-10-19-16-6-4-3-5-14(15)16/h3-10,19H,1-2H3,(H,20,22)(H,21,23). The van der Waals surface area contributed by atoms with Crippen molar-refractivity contribution in [2.24, 2.45) is 0 Å². The molecule has 0 aliphatic carbocycles. The van der Waals surface area contributed by atoms with Gasteiger partial charge in [-0.1, -0.05) is 24.3 Å². The van der Waals surface area contributed by atoms with Gasteiger partial charge in [0.1, 0.15) is 0 Å². The Labute approximate surface area is 133 Å². The molecule has 0 bridgehead atoms. The van der Waals surface area contributed by atoms with Crippen LogP contribution in [0, 0.1) is 13.8 Å². The Balaban J connectivity index is 1.71. The van der Waals surface area contributed by atoms with Crippen molar-refractivity contribution in [2.45, 2.75) is 13.8 Å². The van der Waals surface area contributed by atoms with Crippen molar-refractivity contribution in [3.05, 3.63) is 70.9 Å². The quantitative estimate of drug-likeness (QED) is 0.637. The van der Waals surface area contributed by atoms with Crippen LogP contribution in [0.4, 0.5) is 0 Å². The lowest BCUT2D eigenvalue weighted by Gasteiger charge is -2.08. The summed E-state index contributed by atoms with van der Waals surface area (Å²) in [5.74, 6) is -0.707. The molecule has 2 aromatic carbocycles. The predicted octanol–water partition coefficient (Wildman–Crippen LogP) is 2.86. The van der Waals surface area contributed by atoms with Crippen molar-refractivity contribution >= 4 is 22.7 Å². The number of hydrogen-bond acceptors (Lipinski definition) is 2. The summed E-state index contributed by atoms with van der Waals surface area (Å²) in [6.07, 6.45) is 1.63. The molecule has 3 aromatic rings. The fraction of sp³-hybridized carbons (Fsp3) is 0.111. The van der Waals surface area contributed by atoms with Gasteiger partial charge in [-0.3, -0.25) is 20.4 Å². The van der Waals surface area contributed by atoms with E-state index in [1.165, 1.54) is 0 Å². The highest BCUT2D eigenvalue weighted by atomic mass is 16.2. The first kappa shape index (κ1) is 14.8. The summed E-state index contributed by atoms with van der Waals surface area (Å²) in [5, 5.41) is 0.811. The number of aromatic amines is 1. The molecule has 0 aliphatic heterocycles. The van der Waals surface area contributed by atoms with Gasteiger partial charge in [0.25, 0.3) is 11.8 Å². The van der Waals surface area contributed by atoms with Crippen molar-refractivity contribution in [1.82, 2.24) is 15.8 Å². The Hall–Kier alpha value is -3.08. The van der Waals surface area contributed by atoms with Crippen LogP contribution < -0.4 is 10.9 Å². The zero-order valence-corrected chi connectivity index (χ0v) is 12.9. The third-order valence-corrected chi connectivity index (χ3v) is 3.89. The van der Waals surface area contributed by atoms with E-state index >= 15 is 0 Å². The highest BCUT2D eigenvalue weighted by molar-refractivity contribution is 6.07. The minimum Gasteiger partial charge on any atom is -0.360 e. The zero-order valence-electron chi connectivity index (χ0n) is 12.9. The van der Waals surface area contributed by atoms with Crippen LogP contribution in [0.15, 0.2) is 48.7 Å². The lowest BCUT2D eigenvalue weighted by Crippen LogP contribution is -2.41. The number of hydrazine groups is 1. The number of aryl methyl sites for hydroxylation is 2. The summed E-state index contributed by atoms with van der Waals surface area (Å²) < 4.78 is 0. The molecule has 0 spiro atoms. The van der Waals surface area contributed by atoms with Crippen LogP contribution in [0.3, 0.4) is 0 Å². The molecule has 0 fully saturated rings. The lowest BCUT2D eigenvalue weighted by atomic mass is 10.1. The van der Waals surface area contributed by atoms with E-state index in [1.807, 2.05) is 44.2 Å². The van der Waals surface area contributed by atoms with Gasteiger partial charge in [0.05, 0.1) is 5.56 Å². The Bertz CT molecular complexity index is 896. The van der Waals surface area contributed by atoms with Crippen LogP contribution in [0.25, 0.3) is 10.9 Å². The number of para-hydroxylation sites is 1. The summed E-state index contributed by atoms with van der Waals surface area (Å²) in [6, 6.07) is 12.9. The maximum atomic E-state index is 12.2. The van der Waals surface area contributed by atoms with E-state index in [4.69, 9.17) is 0 Å². The second-order valence-electron chi connectivity index (χ2n) is 5.46. The third kappa shape index (κ3) is 2.94. The molecule has 0 atom stereocenters. The number of nitrogens with one attached hydrogen (secondary N) is 3. The van der Waals surface area contributed by atoms with E-state index < -0.39 is 0 Å². The number of amides is 2. The number of hydrogen-bond donors (Lipinski definition) is 3. The van der Waals surface area contributed by atoms with Gasteiger partial charge in [0.15, 0.2) is 0 Å². The first-order valence-electron chi connectivity index (χ1n) is 7.30. The van der Waals surface area contributed by atoms with E-state index in [2.05, 4.69) is 15.8 Å². The van der Waals surface area contributed by atoms with Crippen LogP contribution in [-0.4, -0.2) is 16.8 Å². The maximum absolute atomic E-state index is 12.2. The number of carbonyl (C=O) groups excluding carboxylic acids is 2. The molecular formula is C18H17N3O2. The van der Waals surface area contributed by atoms with E-state index in [9.17, 15) is 9.59 Å². The summed E-state index contributed by atoms with van der Waals surface area (Å²) in [5.41, 5.74) is 8.91. The second-order valence-corrected chi connectivity index (χ2v) is 5.46. The first-order chi connectivity index (χ1) is 11.1. The highest BCUT2D eigenvalue weighted by Gasteiger charge is 2.13. The van der Waals surface area contributed by atoms with Gasteiger partial charge in [0.2, 0.25) is 0 Å². The fourth-order valence-electron chi connectivity index (χ4n) is 2.40. The third-order valence-electron chi connectivity index (χ3n) is 3.89. The Morgan fingerprint density at radius 1 is 0.913 bits per heavy atom.